The predicted octanol–water partition coefficient (Wildman–Crippen LogP) is 1.37. The van der Waals surface area contributed by atoms with Gasteiger partial charge in [-0.3, -0.25) is 0 Å². The predicted molar refractivity (Wildman–Crippen MR) is 65.7 cm³/mol. The zero-order valence-electron chi connectivity index (χ0n) is 9.80. The maximum absolute atomic E-state index is 5.63. The van der Waals surface area contributed by atoms with Gasteiger partial charge in [0.25, 0.3) is 0 Å². The molecule has 0 radical (unpaired) electrons. The fourth-order valence-electron chi connectivity index (χ4n) is 2.38. The molecule has 0 spiro atoms. The number of aromatic nitrogens is 2. The van der Waals surface area contributed by atoms with Gasteiger partial charge in [-0.25, -0.2) is 4.98 Å². The number of ether oxygens (including phenoxy) is 1. The van der Waals surface area contributed by atoms with Crippen LogP contribution in [0.3, 0.4) is 0 Å². The summed E-state index contributed by atoms with van der Waals surface area (Å²) < 4.78 is 7.55. The fraction of sp³-hybridized carbons (Fsp3) is 0.462. The van der Waals surface area contributed by atoms with E-state index in [4.69, 9.17) is 10.5 Å². The molecule has 0 bridgehead atoms. The van der Waals surface area contributed by atoms with Gasteiger partial charge in [0.1, 0.15) is 5.82 Å². The minimum Gasteiger partial charge on any atom is -0.381 e. The molecule has 0 saturated carbocycles. The topological polar surface area (TPSA) is 52.5 Å². The number of pyridine rings is 1. The molecule has 2 aromatic heterocycles. The third-order valence-electron chi connectivity index (χ3n) is 3.40. The molecule has 1 fully saturated rings. The summed E-state index contributed by atoms with van der Waals surface area (Å²) in [6, 6.07) is 4.16. The Kier molecular flexibility index (Phi) is 2.82. The lowest BCUT2D eigenvalue weighted by Crippen LogP contribution is -2.07. The Bertz CT molecular complexity index is 514. The Morgan fingerprint density at radius 2 is 2.47 bits per heavy atom. The van der Waals surface area contributed by atoms with Gasteiger partial charge in [0.05, 0.1) is 11.7 Å². The number of hydrogen-bond donors (Lipinski definition) is 1. The monoisotopic (exact) mass is 231 g/mol. The van der Waals surface area contributed by atoms with Crippen LogP contribution in [0.25, 0.3) is 5.52 Å². The Morgan fingerprint density at radius 1 is 1.53 bits per heavy atom. The molecule has 1 aliphatic heterocycles. The van der Waals surface area contributed by atoms with Crippen molar-refractivity contribution in [2.75, 3.05) is 13.2 Å². The van der Waals surface area contributed by atoms with Crippen molar-refractivity contribution in [1.29, 1.82) is 0 Å². The first kappa shape index (κ1) is 10.7. The van der Waals surface area contributed by atoms with E-state index in [-0.39, 0.29) is 0 Å². The minimum absolute atomic E-state index is 0.577. The van der Waals surface area contributed by atoms with E-state index in [1.807, 2.05) is 6.20 Å². The summed E-state index contributed by atoms with van der Waals surface area (Å²) in [6.45, 7) is 2.34. The third kappa shape index (κ3) is 2.06. The molecule has 0 amide bonds. The largest absolute Gasteiger partial charge is 0.381 e. The molecule has 2 N–H and O–H groups in total. The zero-order valence-corrected chi connectivity index (χ0v) is 9.80. The summed E-state index contributed by atoms with van der Waals surface area (Å²) in [5, 5.41) is 0. The number of nitrogens with two attached hydrogens (primary N) is 1. The first-order valence-corrected chi connectivity index (χ1v) is 6.09. The van der Waals surface area contributed by atoms with Crippen molar-refractivity contribution in [3.05, 3.63) is 35.9 Å². The molecule has 1 aliphatic rings. The summed E-state index contributed by atoms with van der Waals surface area (Å²) in [7, 11) is 0. The zero-order chi connectivity index (χ0) is 11.7. The van der Waals surface area contributed by atoms with Crippen molar-refractivity contribution >= 4 is 5.52 Å². The molecular weight excluding hydrogens is 214 g/mol. The highest BCUT2D eigenvalue weighted by Gasteiger charge is 2.18. The maximum atomic E-state index is 5.63. The Hall–Kier alpha value is -1.39. The molecule has 0 aromatic carbocycles. The average molecular weight is 231 g/mol. The van der Waals surface area contributed by atoms with Gasteiger partial charge in [-0.15, -0.1) is 0 Å². The lowest BCUT2D eigenvalue weighted by molar-refractivity contribution is 0.185. The van der Waals surface area contributed by atoms with Crippen molar-refractivity contribution in [1.82, 2.24) is 9.38 Å². The second kappa shape index (κ2) is 4.47. The van der Waals surface area contributed by atoms with Crippen LogP contribution in [0.15, 0.2) is 24.5 Å². The van der Waals surface area contributed by atoms with Crippen molar-refractivity contribution in [2.45, 2.75) is 19.4 Å². The van der Waals surface area contributed by atoms with E-state index in [2.05, 4.69) is 27.7 Å². The van der Waals surface area contributed by atoms with Crippen LogP contribution >= 0.6 is 0 Å². The van der Waals surface area contributed by atoms with Crippen molar-refractivity contribution < 1.29 is 4.74 Å². The van der Waals surface area contributed by atoms with Crippen LogP contribution in [0.1, 0.15) is 17.8 Å². The van der Waals surface area contributed by atoms with Crippen LogP contribution in [0.5, 0.6) is 0 Å². The second-order valence-corrected chi connectivity index (χ2v) is 4.64. The van der Waals surface area contributed by atoms with Gasteiger partial charge in [0, 0.05) is 32.4 Å². The van der Waals surface area contributed by atoms with Crippen molar-refractivity contribution in [3.63, 3.8) is 0 Å². The molecule has 3 heterocycles. The third-order valence-corrected chi connectivity index (χ3v) is 3.40. The van der Waals surface area contributed by atoms with Crippen LogP contribution in [0.4, 0.5) is 0 Å². The Balaban J connectivity index is 1.89. The molecule has 0 aliphatic carbocycles. The lowest BCUT2D eigenvalue weighted by Gasteiger charge is -2.07. The van der Waals surface area contributed by atoms with E-state index in [1.54, 1.807) is 0 Å². The molecular formula is C13H17N3O. The highest BCUT2D eigenvalue weighted by Crippen LogP contribution is 2.19. The molecule has 90 valence electrons. The first-order chi connectivity index (χ1) is 8.36. The molecule has 4 heteroatoms. The summed E-state index contributed by atoms with van der Waals surface area (Å²) in [5.41, 5.74) is 7.91. The van der Waals surface area contributed by atoms with Crippen molar-refractivity contribution in [2.24, 2.45) is 11.7 Å². The van der Waals surface area contributed by atoms with E-state index >= 15 is 0 Å². The molecule has 4 nitrogen and oxygen atoms in total. The van der Waals surface area contributed by atoms with Crippen LogP contribution in [0, 0.1) is 5.92 Å². The molecule has 1 atom stereocenters. The van der Waals surface area contributed by atoms with Crippen LogP contribution in [-0.2, 0) is 17.7 Å². The van der Waals surface area contributed by atoms with E-state index in [1.165, 1.54) is 0 Å². The first-order valence-electron chi connectivity index (χ1n) is 6.09. The van der Waals surface area contributed by atoms with Crippen LogP contribution in [0.2, 0.25) is 0 Å². The van der Waals surface area contributed by atoms with Gasteiger partial charge in [0.2, 0.25) is 0 Å². The fourth-order valence-corrected chi connectivity index (χ4v) is 2.38. The molecule has 1 unspecified atom stereocenters. The summed E-state index contributed by atoms with van der Waals surface area (Å²) in [5.74, 6) is 1.74. The summed E-state index contributed by atoms with van der Waals surface area (Å²) in [6.07, 6.45) is 6.13. The van der Waals surface area contributed by atoms with Crippen molar-refractivity contribution in [3.8, 4) is 0 Å². The van der Waals surface area contributed by atoms with E-state index in [0.29, 0.717) is 12.5 Å². The normalized spacial score (nSPS) is 20.2. The number of fused-ring (bicyclic) bond motifs is 1. The SMILES string of the molecule is NCc1ccn2c(CC3CCOC3)ncc2c1. The van der Waals surface area contributed by atoms with Crippen LogP contribution < -0.4 is 5.73 Å². The number of rotatable bonds is 3. The molecule has 3 rings (SSSR count). The molecule has 1 saturated heterocycles. The quantitative estimate of drug-likeness (QED) is 0.868. The van der Waals surface area contributed by atoms with Gasteiger partial charge < -0.3 is 14.9 Å². The minimum atomic E-state index is 0.577. The standard InChI is InChI=1S/C13H17N3O/c14-7-10-1-3-16-12(5-10)8-15-13(16)6-11-2-4-17-9-11/h1,3,5,8,11H,2,4,6-7,9,14H2. The average Bonchev–Trinajstić information content (AvgIpc) is 2.99. The van der Waals surface area contributed by atoms with E-state index in [0.717, 1.165) is 43.0 Å². The Morgan fingerprint density at radius 3 is 3.24 bits per heavy atom. The lowest BCUT2D eigenvalue weighted by atomic mass is 10.1. The number of imidazole rings is 1. The van der Waals surface area contributed by atoms with E-state index < -0.39 is 0 Å². The van der Waals surface area contributed by atoms with Gasteiger partial charge in [-0.05, 0) is 30.0 Å². The van der Waals surface area contributed by atoms with E-state index in [9.17, 15) is 0 Å². The Labute approximate surface area is 100 Å². The smallest absolute Gasteiger partial charge is 0.113 e. The molecule has 2 aromatic rings. The molecule has 17 heavy (non-hydrogen) atoms. The van der Waals surface area contributed by atoms with Gasteiger partial charge in [-0.2, -0.15) is 0 Å². The van der Waals surface area contributed by atoms with Crippen LogP contribution in [-0.4, -0.2) is 22.6 Å². The highest BCUT2D eigenvalue weighted by molar-refractivity contribution is 5.48. The second-order valence-electron chi connectivity index (χ2n) is 4.64. The number of nitrogens with zero attached hydrogens (tertiary/aromatic N) is 2. The highest BCUT2D eigenvalue weighted by atomic mass is 16.5. The van der Waals surface area contributed by atoms with Gasteiger partial charge in [-0.1, -0.05) is 0 Å². The summed E-state index contributed by atoms with van der Waals surface area (Å²) >= 11 is 0. The van der Waals surface area contributed by atoms with Gasteiger partial charge >= 0.3 is 0 Å². The maximum Gasteiger partial charge on any atom is 0.113 e. The van der Waals surface area contributed by atoms with Gasteiger partial charge in [0.15, 0.2) is 0 Å². The number of hydrogen-bond acceptors (Lipinski definition) is 3. The summed E-state index contributed by atoms with van der Waals surface area (Å²) in [4.78, 5) is 4.50.